The largest absolute Gasteiger partial charge is 0.334 e. The van der Waals surface area contributed by atoms with Gasteiger partial charge in [0.1, 0.15) is 0 Å². The van der Waals surface area contributed by atoms with Crippen molar-refractivity contribution >= 4 is 15.9 Å². The van der Waals surface area contributed by atoms with Gasteiger partial charge in [-0.15, -0.1) is 0 Å². The SMILES string of the molecule is Cc1cc(Br)cc(-c2nc(CNC3CC3)no2)c1. The lowest BCUT2D eigenvalue weighted by Crippen LogP contribution is -2.16. The fourth-order valence-corrected chi connectivity index (χ4v) is 2.43. The molecule has 0 saturated heterocycles. The normalized spacial score (nSPS) is 15.0. The molecule has 1 aliphatic rings. The summed E-state index contributed by atoms with van der Waals surface area (Å²) in [5.41, 5.74) is 2.11. The van der Waals surface area contributed by atoms with Gasteiger partial charge in [0.25, 0.3) is 5.89 Å². The van der Waals surface area contributed by atoms with Crippen LogP contribution in [0.5, 0.6) is 0 Å². The fourth-order valence-electron chi connectivity index (χ4n) is 1.83. The highest BCUT2D eigenvalue weighted by atomic mass is 79.9. The Morgan fingerprint density at radius 2 is 2.22 bits per heavy atom. The molecule has 1 heterocycles. The first kappa shape index (κ1) is 11.9. The minimum absolute atomic E-state index is 0.576. The molecule has 0 atom stereocenters. The summed E-state index contributed by atoms with van der Waals surface area (Å²) < 4.78 is 6.31. The van der Waals surface area contributed by atoms with Crippen LogP contribution in [0.2, 0.25) is 0 Å². The van der Waals surface area contributed by atoms with Crippen molar-refractivity contribution in [1.29, 1.82) is 0 Å². The molecule has 3 rings (SSSR count). The van der Waals surface area contributed by atoms with E-state index in [4.69, 9.17) is 4.52 Å². The summed E-state index contributed by atoms with van der Waals surface area (Å²) in [4.78, 5) is 4.40. The number of hydrogen-bond acceptors (Lipinski definition) is 4. The minimum atomic E-state index is 0.576. The molecule has 5 heteroatoms. The fraction of sp³-hybridized carbons (Fsp3) is 0.385. The van der Waals surface area contributed by atoms with Crippen molar-refractivity contribution in [2.45, 2.75) is 32.4 Å². The number of benzene rings is 1. The van der Waals surface area contributed by atoms with Crippen molar-refractivity contribution in [3.63, 3.8) is 0 Å². The van der Waals surface area contributed by atoms with Crippen LogP contribution in [0, 0.1) is 6.92 Å². The molecule has 1 aliphatic carbocycles. The lowest BCUT2D eigenvalue weighted by molar-refractivity contribution is 0.419. The van der Waals surface area contributed by atoms with Crippen LogP contribution >= 0.6 is 15.9 Å². The zero-order valence-corrected chi connectivity index (χ0v) is 11.7. The topological polar surface area (TPSA) is 51.0 Å². The lowest BCUT2D eigenvalue weighted by atomic mass is 10.1. The van der Waals surface area contributed by atoms with Gasteiger partial charge in [0.15, 0.2) is 5.82 Å². The smallest absolute Gasteiger partial charge is 0.258 e. The molecule has 1 aromatic carbocycles. The van der Waals surface area contributed by atoms with Gasteiger partial charge >= 0.3 is 0 Å². The van der Waals surface area contributed by atoms with Crippen LogP contribution in [0.3, 0.4) is 0 Å². The standard InChI is InChI=1S/C13H14BrN3O/c1-8-4-9(6-10(14)5-8)13-16-12(17-18-13)7-15-11-2-3-11/h4-6,11,15H,2-3,7H2,1H3. The maximum Gasteiger partial charge on any atom is 0.258 e. The van der Waals surface area contributed by atoms with Crippen LogP contribution < -0.4 is 5.32 Å². The van der Waals surface area contributed by atoms with E-state index in [1.165, 1.54) is 12.8 Å². The van der Waals surface area contributed by atoms with Crippen LogP contribution in [0.4, 0.5) is 0 Å². The maximum absolute atomic E-state index is 5.29. The van der Waals surface area contributed by atoms with E-state index in [1.54, 1.807) is 0 Å². The highest BCUT2D eigenvalue weighted by Crippen LogP contribution is 2.24. The second-order valence-electron chi connectivity index (χ2n) is 4.69. The van der Waals surface area contributed by atoms with E-state index in [1.807, 2.05) is 19.1 Å². The second-order valence-corrected chi connectivity index (χ2v) is 5.60. The first-order valence-electron chi connectivity index (χ1n) is 6.04. The monoisotopic (exact) mass is 307 g/mol. The van der Waals surface area contributed by atoms with E-state index in [-0.39, 0.29) is 0 Å². The van der Waals surface area contributed by atoms with Gasteiger partial charge in [-0.05, 0) is 43.5 Å². The second kappa shape index (κ2) is 4.82. The Labute approximate surface area is 114 Å². The number of hydrogen-bond donors (Lipinski definition) is 1. The van der Waals surface area contributed by atoms with E-state index < -0.39 is 0 Å². The van der Waals surface area contributed by atoms with Gasteiger partial charge in [-0.2, -0.15) is 4.98 Å². The molecule has 0 unspecified atom stereocenters. The molecule has 0 radical (unpaired) electrons. The lowest BCUT2D eigenvalue weighted by Gasteiger charge is -1.98. The van der Waals surface area contributed by atoms with Gasteiger partial charge in [-0.1, -0.05) is 21.1 Å². The van der Waals surface area contributed by atoms with Gasteiger partial charge in [0.05, 0.1) is 6.54 Å². The van der Waals surface area contributed by atoms with Gasteiger partial charge in [0, 0.05) is 16.1 Å². The summed E-state index contributed by atoms with van der Waals surface area (Å²) in [7, 11) is 0. The molecule has 1 N–H and O–H groups in total. The van der Waals surface area contributed by atoms with Gasteiger partial charge in [-0.25, -0.2) is 0 Å². The Morgan fingerprint density at radius 3 is 2.94 bits per heavy atom. The number of halogens is 1. The Balaban J connectivity index is 1.78. The molecular weight excluding hydrogens is 294 g/mol. The number of aryl methyl sites for hydroxylation is 1. The van der Waals surface area contributed by atoms with Crippen LogP contribution in [0.15, 0.2) is 27.2 Å². The molecule has 2 aromatic rings. The Morgan fingerprint density at radius 1 is 1.39 bits per heavy atom. The quantitative estimate of drug-likeness (QED) is 0.943. The average molecular weight is 308 g/mol. The Hall–Kier alpha value is -1.20. The molecule has 0 spiro atoms. The molecule has 0 amide bonds. The van der Waals surface area contributed by atoms with Crippen LogP contribution in [-0.2, 0) is 6.54 Å². The van der Waals surface area contributed by atoms with Crippen molar-refractivity contribution in [3.8, 4) is 11.5 Å². The average Bonchev–Trinajstić information content (AvgIpc) is 3.02. The summed E-state index contributed by atoms with van der Waals surface area (Å²) in [6.45, 7) is 2.72. The molecule has 1 saturated carbocycles. The first-order valence-corrected chi connectivity index (χ1v) is 6.83. The van der Waals surface area contributed by atoms with Crippen molar-refractivity contribution in [1.82, 2.24) is 15.5 Å². The van der Waals surface area contributed by atoms with Crippen molar-refractivity contribution in [2.75, 3.05) is 0 Å². The van der Waals surface area contributed by atoms with E-state index >= 15 is 0 Å². The predicted molar refractivity (Wildman–Crippen MR) is 72.0 cm³/mol. The molecular formula is C13H14BrN3O. The molecule has 4 nitrogen and oxygen atoms in total. The molecule has 18 heavy (non-hydrogen) atoms. The summed E-state index contributed by atoms with van der Waals surface area (Å²) in [6, 6.07) is 6.73. The van der Waals surface area contributed by atoms with Crippen LogP contribution in [0.25, 0.3) is 11.5 Å². The molecule has 0 bridgehead atoms. The predicted octanol–water partition coefficient (Wildman–Crippen LogP) is 3.06. The van der Waals surface area contributed by atoms with E-state index in [0.29, 0.717) is 18.5 Å². The van der Waals surface area contributed by atoms with Crippen molar-refractivity contribution in [3.05, 3.63) is 34.1 Å². The third-order valence-electron chi connectivity index (χ3n) is 2.88. The summed E-state index contributed by atoms with van der Waals surface area (Å²) in [6.07, 6.45) is 2.52. The van der Waals surface area contributed by atoms with Crippen LogP contribution in [0.1, 0.15) is 24.2 Å². The zero-order chi connectivity index (χ0) is 12.5. The third kappa shape index (κ3) is 2.79. The third-order valence-corrected chi connectivity index (χ3v) is 3.34. The van der Waals surface area contributed by atoms with E-state index in [9.17, 15) is 0 Å². The van der Waals surface area contributed by atoms with Gasteiger partial charge in [0.2, 0.25) is 0 Å². The van der Waals surface area contributed by atoms with Gasteiger partial charge < -0.3 is 9.84 Å². The summed E-state index contributed by atoms with van der Waals surface area (Å²) >= 11 is 3.47. The van der Waals surface area contributed by atoms with Crippen LogP contribution in [-0.4, -0.2) is 16.2 Å². The Kier molecular flexibility index (Phi) is 3.18. The Bertz CT molecular complexity index is 543. The number of rotatable bonds is 4. The zero-order valence-electron chi connectivity index (χ0n) is 10.1. The van der Waals surface area contributed by atoms with Crippen molar-refractivity contribution in [2.24, 2.45) is 0 Å². The maximum atomic E-state index is 5.29. The first-order chi connectivity index (χ1) is 8.70. The molecule has 94 valence electrons. The number of nitrogens with zero attached hydrogens (tertiary/aromatic N) is 2. The summed E-state index contributed by atoms with van der Waals surface area (Å²) in [5.74, 6) is 1.29. The number of aromatic nitrogens is 2. The molecule has 0 aliphatic heterocycles. The number of nitrogens with one attached hydrogen (secondary N) is 1. The highest BCUT2D eigenvalue weighted by molar-refractivity contribution is 9.10. The van der Waals surface area contributed by atoms with Gasteiger partial charge in [-0.3, -0.25) is 0 Å². The highest BCUT2D eigenvalue weighted by Gasteiger charge is 2.21. The minimum Gasteiger partial charge on any atom is -0.334 e. The van der Waals surface area contributed by atoms with Crippen molar-refractivity contribution < 1.29 is 4.52 Å². The molecule has 1 fully saturated rings. The summed E-state index contributed by atoms with van der Waals surface area (Å²) in [5, 5.41) is 7.35. The van der Waals surface area contributed by atoms with E-state index in [2.05, 4.69) is 37.5 Å². The molecule has 1 aromatic heterocycles. The van der Waals surface area contributed by atoms with E-state index in [0.717, 1.165) is 21.4 Å².